The van der Waals surface area contributed by atoms with Gasteiger partial charge in [-0.25, -0.2) is 4.98 Å². The molecule has 0 fully saturated rings. The number of aryl methyl sites for hydroxylation is 2. The molecule has 180 valence electrons. The number of nitrogens with one attached hydrogen (secondary N) is 2. The predicted molar refractivity (Wildman–Crippen MR) is 137 cm³/mol. The highest BCUT2D eigenvalue weighted by atomic mass is 16.5. The maximum absolute atomic E-state index is 11.8. The van der Waals surface area contributed by atoms with Crippen molar-refractivity contribution in [3.63, 3.8) is 0 Å². The van der Waals surface area contributed by atoms with E-state index in [1.165, 1.54) is 0 Å². The Morgan fingerprint density at radius 3 is 2.66 bits per heavy atom. The van der Waals surface area contributed by atoms with E-state index in [1.54, 1.807) is 22.4 Å². The summed E-state index contributed by atoms with van der Waals surface area (Å²) >= 11 is 0. The van der Waals surface area contributed by atoms with Crippen LogP contribution in [-0.4, -0.2) is 38.5 Å². The predicted octanol–water partition coefficient (Wildman–Crippen LogP) is 3.49. The van der Waals surface area contributed by atoms with Crippen molar-refractivity contribution in [1.29, 1.82) is 0 Å². The van der Waals surface area contributed by atoms with Crippen molar-refractivity contribution in [1.82, 2.24) is 24.6 Å². The number of aromatic nitrogens is 4. The number of hydrogen-bond donors (Lipinski definition) is 2. The van der Waals surface area contributed by atoms with E-state index in [9.17, 15) is 4.79 Å². The fourth-order valence-corrected chi connectivity index (χ4v) is 4.44. The molecule has 1 aliphatic heterocycles. The van der Waals surface area contributed by atoms with E-state index in [2.05, 4.69) is 45.8 Å². The van der Waals surface area contributed by atoms with E-state index in [4.69, 9.17) is 4.74 Å². The van der Waals surface area contributed by atoms with Gasteiger partial charge in [0.05, 0.1) is 24.5 Å². The zero-order valence-corrected chi connectivity index (χ0v) is 20.2. The third kappa shape index (κ3) is 4.97. The number of ether oxygens (including phenoxy) is 1. The summed E-state index contributed by atoms with van der Waals surface area (Å²) in [5.74, 6) is 0.819. The van der Waals surface area contributed by atoms with Crippen LogP contribution in [0.2, 0.25) is 0 Å². The molecule has 2 N–H and O–H groups in total. The molecule has 3 aromatic heterocycles. The number of pyridine rings is 2. The van der Waals surface area contributed by atoms with E-state index >= 15 is 0 Å². The zero-order chi connectivity index (χ0) is 24.4. The van der Waals surface area contributed by atoms with Gasteiger partial charge in [-0.15, -0.1) is 0 Å². The Morgan fingerprint density at radius 1 is 1.09 bits per heavy atom. The summed E-state index contributed by atoms with van der Waals surface area (Å²) in [7, 11) is 3.68. The molecule has 35 heavy (non-hydrogen) atoms. The molecule has 8 heteroatoms. The first-order valence-electron chi connectivity index (χ1n) is 11.8. The highest BCUT2D eigenvalue weighted by Crippen LogP contribution is 2.34. The molecule has 3 atom stereocenters. The lowest BCUT2D eigenvalue weighted by molar-refractivity contribution is 0.149. The molecule has 4 heterocycles. The number of nitrogens with zero attached hydrogens (tertiary/aromatic N) is 4. The molecule has 0 bridgehead atoms. The smallest absolute Gasteiger partial charge is 0.250 e. The van der Waals surface area contributed by atoms with Crippen molar-refractivity contribution < 1.29 is 4.74 Å². The minimum absolute atomic E-state index is 0.00407. The Bertz CT molecular complexity index is 1360. The average Bonchev–Trinajstić information content (AvgIpc) is 3.32. The maximum atomic E-state index is 11.8. The summed E-state index contributed by atoms with van der Waals surface area (Å²) < 4.78 is 9.82. The van der Waals surface area contributed by atoms with Crippen molar-refractivity contribution >= 4 is 5.69 Å². The van der Waals surface area contributed by atoms with Crippen molar-refractivity contribution in [2.75, 3.05) is 18.4 Å². The molecule has 0 radical (unpaired) electrons. The minimum Gasteiger partial charge on any atom is -0.469 e. The van der Waals surface area contributed by atoms with E-state index < -0.39 is 0 Å². The molecule has 0 saturated heterocycles. The molecular weight excluding hydrogens is 440 g/mol. The van der Waals surface area contributed by atoms with Crippen molar-refractivity contribution in [2.45, 2.75) is 25.0 Å². The van der Waals surface area contributed by atoms with Crippen molar-refractivity contribution in [3.8, 4) is 17.0 Å². The normalized spacial score (nSPS) is 16.6. The molecule has 5 rings (SSSR count). The van der Waals surface area contributed by atoms with Gasteiger partial charge in [-0.05, 0) is 23.1 Å². The van der Waals surface area contributed by atoms with Gasteiger partial charge in [-0.1, -0.05) is 43.3 Å². The molecular formula is C27H30N6O2. The topological polar surface area (TPSA) is 86.0 Å². The summed E-state index contributed by atoms with van der Waals surface area (Å²) in [6, 6.07) is 15.9. The molecule has 8 nitrogen and oxygen atoms in total. The van der Waals surface area contributed by atoms with Gasteiger partial charge < -0.3 is 19.9 Å². The Balaban J connectivity index is 1.34. The molecule has 0 unspecified atom stereocenters. The highest BCUT2D eigenvalue weighted by Gasteiger charge is 2.30. The first-order valence-corrected chi connectivity index (χ1v) is 11.8. The van der Waals surface area contributed by atoms with Crippen molar-refractivity contribution in [2.24, 2.45) is 14.1 Å². The SMILES string of the molecule is C[C@H](CN[C@H](c1ccccc1)[C@@H]1CNc2cc(-c3cnn(C)c3)cnc2O1)c1ccc(=O)n(C)c1. The van der Waals surface area contributed by atoms with Crippen LogP contribution in [-0.2, 0) is 14.1 Å². The van der Waals surface area contributed by atoms with Crippen LogP contribution in [0, 0.1) is 0 Å². The minimum atomic E-state index is -0.144. The summed E-state index contributed by atoms with van der Waals surface area (Å²) in [5.41, 5.74) is 5.16. The first kappa shape index (κ1) is 22.9. The fourth-order valence-electron chi connectivity index (χ4n) is 4.44. The molecule has 0 aliphatic carbocycles. The van der Waals surface area contributed by atoms with Gasteiger partial charge >= 0.3 is 0 Å². The van der Waals surface area contributed by atoms with Crippen LogP contribution < -0.4 is 20.9 Å². The number of hydrogen-bond acceptors (Lipinski definition) is 6. The summed E-state index contributed by atoms with van der Waals surface area (Å²) in [6.07, 6.45) is 7.39. The lowest BCUT2D eigenvalue weighted by Crippen LogP contribution is -2.43. The van der Waals surface area contributed by atoms with Gasteiger partial charge in [0.15, 0.2) is 0 Å². The lowest BCUT2D eigenvalue weighted by atomic mass is 9.97. The number of rotatable bonds is 7. The third-order valence-corrected chi connectivity index (χ3v) is 6.50. The van der Waals surface area contributed by atoms with Gasteiger partial charge in [0, 0.05) is 56.4 Å². The highest BCUT2D eigenvalue weighted by molar-refractivity contribution is 5.69. The van der Waals surface area contributed by atoms with Gasteiger partial charge in [0.25, 0.3) is 0 Å². The van der Waals surface area contributed by atoms with E-state index in [0.29, 0.717) is 12.4 Å². The van der Waals surface area contributed by atoms with Crippen LogP contribution in [0.25, 0.3) is 11.1 Å². The van der Waals surface area contributed by atoms with Gasteiger partial charge in [-0.3, -0.25) is 9.48 Å². The first-order chi connectivity index (χ1) is 17.0. The quantitative estimate of drug-likeness (QED) is 0.430. The molecule has 0 amide bonds. The zero-order valence-electron chi connectivity index (χ0n) is 20.2. The second-order valence-electron chi connectivity index (χ2n) is 9.13. The maximum Gasteiger partial charge on any atom is 0.250 e. The second kappa shape index (κ2) is 9.76. The molecule has 1 aliphatic rings. The van der Waals surface area contributed by atoms with Crippen LogP contribution in [0.3, 0.4) is 0 Å². The summed E-state index contributed by atoms with van der Waals surface area (Å²) in [6.45, 7) is 3.54. The van der Waals surface area contributed by atoms with Gasteiger partial charge in [0.1, 0.15) is 6.10 Å². The van der Waals surface area contributed by atoms with E-state index in [0.717, 1.165) is 34.5 Å². The second-order valence-corrected chi connectivity index (χ2v) is 9.13. The Hall–Kier alpha value is -3.91. The van der Waals surface area contributed by atoms with Gasteiger partial charge in [-0.2, -0.15) is 5.10 Å². The molecule has 0 spiro atoms. The third-order valence-electron chi connectivity index (χ3n) is 6.50. The van der Waals surface area contributed by atoms with Crippen LogP contribution >= 0.6 is 0 Å². The summed E-state index contributed by atoms with van der Waals surface area (Å²) in [4.78, 5) is 16.4. The Morgan fingerprint density at radius 2 is 1.91 bits per heavy atom. The van der Waals surface area contributed by atoms with Gasteiger partial charge in [0.2, 0.25) is 11.4 Å². The molecule has 4 aromatic rings. The largest absolute Gasteiger partial charge is 0.469 e. The lowest BCUT2D eigenvalue weighted by Gasteiger charge is -2.34. The average molecular weight is 471 g/mol. The van der Waals surface area contributed by atoms with Crippen molar-refractivity contribution in [3.05, 3.63) is 94.8 Å². The molecule has 0 saturated carbocycles. The Labute approximate surface area is 204 Å². The molecule has 1 aromatic carbocycles. The number of benzene rings is 1. The fraction of sp³-hybridized carbons (Fsp3) is 0.296. The Kier molecular flexibility index (Phi) is 6.37. The van der Waals surface area contributed by atoms with Crippen LogP contribution in [0.4, 0.5) is 5.69 Å². The van der Waals surface area contributed by atoms with Crippen LogP contribution in [0.15, 0.2) is 78.1 Å². The van der Waals surface area contributed by atoms with Crippen LogP contribution in [0.1, 0.15) is 30.0 Å². The van der Waals surface area contributed by atoms with E-state index in [1.807, 2.05) is 56.1 Å². The van der Waals surface area contributed by atoms with Crippen LogP contribution in [0.5, 0.6) is 5.88 Å². The standard InChI is InChI=1S/C27H30N6O2/c1-18(20-9-10-25(34)32(2)16-20)12-29-26(19-7-5-4-6-8-19)24-15-28-23-11-21(13-30-27(23)35-24)22-14-31-33(3)17-22/h4-11,13-14,16-18,24,26,28-29H,12,15H2,1-3H3/t18-,24+,26-/m1/s1. The van der Waals surface area contributed by atoms with E-state index in [-0.39, 0.29) is 23.6 Å². The monoisotopic (exact) mass is 470 g/mol. The number of anilines is 1. The summed E-state index contributed by atoms with van der Waals surface area (Å²) in [5, 5.41) is 11.5. The number of fused-ring (bicyclic) bond motifs is 1.